The molecule has 0 spiro atoms. The van der Waals surface area contributed by atoms with Gasteiger partial charge < -0.3 is 5.32 Å². The van der Waals surface area contributed by atoms with Crippen LogP contribution in [0.5, 0.6) is 0 Å². The van der Waals surface area contributed by atoms with Gasteiger partial charge in [0.2, 0.25) is 0 Å². The van der Waals surface area contributed by atoms with Crippen LogP contribution < -0.4 is 5.32 Å². The molecular formula is C19H32N2. The van der Waals surface area contributed by atoms with Gasteiger partial charge in [-0.3, -0.25) is 4.90 Å². The topological polar surface area (TPSA) is 15.3 Å². The molecule has 1 fully saturated rings. The summed E-state index contributed by atoms with van der Waals surface area (Å²) in [6, 6.07) is 11.5. The van der Waals surface area contributed by atoms with E-state index in [9.17, 15) is 0 Å². The first-order chi connectivity index (χ1) is 9.95. The smallest absolute Gasteiger partial charge is 0.0535 e. The molecule has 21 heavy (non-hydrogen) atoms. The van der Waals surface area contributed by atoms with Crippen molar-refractivity contribution < 1.29 is 0 Å². The van der Waals surface area contributed by atoms with E-state index in [-0.39, 0.29) is 11.1 Å². The molecule has 118 valence electrons. The molecule has 1 aromatic rings. The SMILES string of the molecule is CCCC(C)N1CC(C)(c2ccccc2)NCC1(C)CC. The van der Waals surface area contributed by atoms with E-state index in [0.717, 1.165) is 13.1 Å². The highest BCUT2D eigenvalue weighted by Gasteiger charge is 2.44. The van der Waals surface area contributed by atoms with E-state index in [1.54, 1.807) is 0 Å². The third kappa shape index (κ3) is 3.32. The fourth-order valence-corrected chi connectivity index (χ4v) is 3.66. The summed E-state index contributed by atoms with van der Waals surface area (Å²) in [6.07, 6.45) is 3.73. The maximum atomic E-state index is 3.84. The molecule has 3 atom stereocenters. The van der Waals surface area contributed by atoms with Gasteiger partial charge in [-0.1, -0.05) is 50.6 Å². The second kappa shape index (κ2) is 6.50. The van der Waals surface area contributed by atoms with Gasteiger partial charge in [-0.2, -0.15) is 0 Å². The molecular weight excluding hydrogens is 256 g/mol. The van der Waals surface area contributed by atoms with Crippen molar-refractivity contribution in [3.05, 3.63) is 35.9 Å². The molecule has 0 radical (unpaired) electrons. The molecule has 1 saturated heterocycles. The molecule has 0 amide bonds. The third-order valence-corrected chi connectivity index (χ3v) is 5.45. The van der Waals surface area contributed by atoms with Crippen LogP contribution in [0.2, 0.25) is 0 Å². The highest BCUT2D eigenvalue weighted by molar-refractivity contribution is 5.26. The lowest BCUT2D eigenvalue weighted by Crippen LogP contribution is -2.68. The van der Waals surface area contributed by atoms with Crippen molar-refractivity contribution in [2.75, 3.05) is 13.1 Å². The van der Waals surface area contributed by atoms with Crippen LogP contribution in [-0.2, 0) is 5.54 Å². The first-order valence-corrected chi connectivity index (χ1v) is 8.52. The Bertz CT molecular complexity index is 444. The molecule has 1 N–H and O–H groups in total. The van der Waals surface area contributed by atoms with Crippen molar-refractivity contribution in [3.63, 3.8) is 0 Å². The van der Waals surface area contributed by atoms with E-state index in [0.29, 0.717) is 6.04 Å². The molecule has 3 unspecified atom stereocenters. The maximum absolute atomic E-state index is 3.84. The zero-order valence-corrected chi connectivity index (χ0v) is 14.4. The molecule has 1 heterocycles. The lowest BCUT2D eigenvalue weighted by Gasteiger charge is -2.54. The van der Waals surface area contributed by atoms with E-state index in [2.05, 4.69) is 75.2 Å². The van der Waals surface area contributed by atoms with E-state index in [1.165, 1.54) is 24.8 Å². The van der Waals surface area contributed by atoms with Crippen LogP contribution in [0.3, 0.4) is 0 Å². The summed E-state index contributed by atoms with van der Waals surface area (Å²) >= 11 is 0. The Morgan fingerprint density at radius 2 is 1.86 bits per heavy atom. The summed E-state index contributed by atoms with van der Waals surface area (Å²) in [5.41, 5.74) is 1.72. The second-order valence-corrected chi connectivity index (χ2v) is 7.17. The predicted molar refractivity (Wildman–Crippen MR) is 91.6 cm³/mol. The average Bonchev–Trinajstić information content (AvgIpc) is 2.51. The lowest BCUT2D eigenvalue weighted by atomic mass is 9.81. The van der Waals surface area contributed by atoms with Gasteiger partial charge in [-0.05, 0) is 39.2 Å². The second-order valence-electron chi connectivity index (χ2n) is 7.17. The molecule has 0 saturated carbocycles. The summed E-state index contributed by atoms with van der Waals surface area (Å²) in [5, 5.41) is 3.84. The third-order valence-electron chi connectivity index (χ3n) is 5.45. The van der Waals surface area contributed by atoms with Crippen molar-refractivity contribution in [3.8, 4) is 0 Å². The number of benzene rings is 1. The summed E-state index contributed by atoms with van der Waals surface area (Å²) < 4.78 is 0. The Morgan fingerprint density at radius 1 is 1.19 bits per heavy atom. The lowest BCUT2D eigenvalue weighted by molar-refractivity contribution is -0.0143. The maximum Gasteiger partial charge on any atom is 0.0535 e. The van der Waals surface area contributed by atoms with Crippen molar-refractivity contribution >= 4 is 0 Å². The molecule has 2 nitrogen and oxygen atoms in total. The number of rotatable bonds is 5. The van der Waals surface area contributed by atoms with Gasteiger partial charge >= 0.3 is 0 Å². The minimum absolute atomic E-state index is 0.0535. The summed E-state index contributed by atoms with van der Waals surface area (Å²) in [7, 11) is 0. The molecule has 2 heteroatoms. The van der Waals surface area contributed by atoms with Gasteiger partial charge in [0.15, 0.2) is 0 Å². The van der Waals surface area contributed by atoms with Gasteiger partial charge in [0.1, 0.15) is 0 Å². The Balaban J connectivity index is 2.27. The average molecular weight is 288 g/mol. The van der Waals surface area contributed by atoms with E-state index in [4.69, 9.17) is 0 Å². The van der Waals surface area contributed by atoms with Crippen molar-refractivity contribution in [2.24, 2.45) is 0 Å². The molecule has 0 bridgehead atoms. The van der Waals surface area contributed by atoms with Crippen LogP contribution in [-0.4, -0.2) is 29.6 Å². The highest BCUT2D eigenvalue weighted by Crippen LogP contribution is 2.34. The van der Waals surface area contributed by atoms with Gasteiger partial charge in [-0.25, -0.2) is 0 Å². The van der Waals surface area contributed by atoms with Crippen LogP contribution in [0.4, 0.5) is 0 Å². The monoisotopic (exact) mass is 288 g/mol. The number of piperazine rings is 1. The van der Waals surface area contributed by atoms with Gasteiger partial charge in [0.05, 0.1) is 5.54 Å². The quantitative estimate of drug-likeness (QED) is 0.875. The Morgan fingerprint density at radius 3 is 2.43 bits per heavy atom. The standard InChI is InChI=1S/C19H32N2/c1-6-11-16(3)21-15-19(5,17-12-9-8-10-13-17)20-14-18(21,4)7-2/h8-10,12-13,16,20H,6-7,11,14-15H2,1-5H3. The Hall–Kier alpha value is -0.860. The van der Waals surface area contributed by atoms with Crippen molar-refractivity contribution in [1.82, 2.24) is 10.2 Å². The largest absolute Gasteiger partial charge is 0.305 e. The Labute approximate surface area is 130 Å². The van der Waals surface area contributed by atoms with E-state index >= 15 is 0 Å². The fourth-order valence-electron chi connectivity index (χ4n) is 3.66. The molecule has 0 aliphatic carbocycles. The summed E-state index contributed by atoms with van der Waals surface area (Å²) in [4.78, 5) is 2.75. The zero-order valence-electron chi connectivity index (χ0n) is 14.4. The van der Waals surface area contributed by atoms with Crippen LogP contribution >= 0.6 is 0 Å². The van der Waals surface area contributed by atoms with E-state index < -0.39 is 0 Å². The van der Waals surface area contributed by atoms with Crippen molar-refractivity contribution in [1.29, 1.82) is 0 Å². The highest BCUT2D eigenvalue weighted by atomic mass is 15.3. The van der Waals surface area contributed by atoms with E-state index in [1.807, 2.05) is 0 Å². The van der Waals surface area contributed by atoms with Crippen LogP contribution in [0.1, 0.15) is 59.4 Å². The van der Waals surface area contributed by atoms with Gasteiger partial charge in [-0.15, -0.1) is 0 Å². The van der Waals surface area contributed by atoms with Gasteiger partial charge in [0.25, 0.3) is 0 Å². The zero-order chi connectivity index (χ0) is 15.5. The minimum Gasteiger partial charge on any atom is -0.305 e. The fraction of sp³-hybridized carbons (Fsp3) is 0.684. The summed E-state index contributed by atoms with van der Waals surface area (Å²) in [6.45, 7) is 13.9. The molecule has 1 aliphatic heterocycles. The Kier molecular flexibility index (Phi) is 5.11. The number of hydrogen-bond donors (Lipinski definition) is 1. The first-order valence-electron chi connectivity index (χ1n) is 8.52. The van der Waals surface area contributed by atoms with Crippen LogP contribution in [0.15, 0.2) is 30.3 Å². The number of nitrogens with zero attached hydrogens (tertiary/aromatic N) is 1. The van der Waals surface area contributed by atoms with Crippen LogP contribution in [0.25, 0.3) is 0 Å². The summed E-state index contributed by atoms with van der Waals surface area (Å²) in [5.74, 6) is 0. The number of nitrogens with one attached hydrogen (secondary N) is 1. The van der Waals surface area contributed by atoms with Gasteiger partial charge in [0, 0.05) is 24.7 Å². The minimum atomic E-state index is 0.0535. The van der Waals surface area contributed by atoms with Crippen LogP contribution in [0, 0.1) is 0 Å². The molecule has 2 rings (SSSR count). The normalized spacial score (nSPS) is 32.0. The molecule has 1 aliphatic rings. The predicted octanol–water partition coefficient (Wildman–Crippen LogP) is 4.16. The molecule has 1 aromatic carbocycles. The van der Waals surface area contributed by atoms with Crippen molar-refractivity contribution in [2.45, 2.75) is 71.0 Å². The number of hydrogen-bond acceptors (Lipinski definition) is 2. The first kappa shape index (κ1) is 16.5. The molecule has 0 aromatic heterocycles.